The van der Waals surface area contributed by atoms with Gasteiger partial charge in [-0.05, 0) is 31.7 Å². The smallest absolute Gasteiger partial charge is 0.251 e. The van der Waals surface area contributed by atoms with E-state index in [0.717, 1.165) is 25.0 Å². The van der Waals surface area contributed by atoms with Gasteiger partial charge in [0, 0.05) is 32.3 Å². The molecule has 1 N–H and O–H groups in total. The summed E-state index contributed by atoms with van der Waals surface area (Å²) in [5.41, 5.74) is 2.71. The number of nitrogens with zero attached hydrogens (tertiary/aromatic N) is 4. The molecule has 140 valence electrons. The van der Waals surface area contributed by atoms with Gasteiger partial charge in [-0.1, -0.05) is 4.21 Å². The molecule has 3 heterocycles. The summed E-state index contributed by atoms with van der Waals surface area (Å²) in [6, 6.07) is 1.50. The van der Waals surface area contributed by atoms with Crippen LogP contribution >= 0.6 is 0 Å². The summed E-state index contributed by atoms with van der Waals surface area (Å²) >= 11 is 0. The molecule has 9 heteroatoms. The van der Waals surface area contributed by atoms with Gasteiger partial charge in [-0.2, -0.15) is 5.10 Å². The third kappa shape index (κ3) is 2.83. The number of rotatable bonds is 4. The number of hydrogen-bond donors (Lipinski definition) is 1. The number of carbonyl (C=O) groups is 1. The Morgan fingerprint density at radius 2 is 2.12 bits per heavy atom. The SMILES string of the molecule is CNC(=O)c1cc(C2CC2)nc2c1c(C1CCCN1[S+](C)(=O)[O-])nn2C. The fourth-order valence-corrected chi connectivity index (χ4v) is 4.97. The lowest BCUT2D eigenvalue weighted by Gasteiger charge is -2.25. The molecule has 2 unspecified atom stereocenters. The maximum Gasteiger partial charge on any atom is 0.251 e. The summed E-state index contributed by atoms with van der Waals surface area (Å²) in [5.74, 6) is 0.206. The highest BCUT2D eigenvalue weighted by atomic mass is 32.3. The van der Waals surface area contributed by atoms with E-state index in [1.807, 2.05) is 6.07 Å². The topological polar surface area (TPSA) is 103 Å². The van der Waals surface area contributed by atoms with E-state index >= 15 is 0 Å². The first-order valence-electron chi connectivity index (χ1n) is 8.87. The Bertz CT molecular complexity index is 930. The highest BCUT2D eigenvalue weighted by molar-refractivity contribution is 7.94. The quantitative estimate of drug-likeness (QED) is 0.814. The van der Waals surface area contributed by atoms with Crippen LogP contribution in [0.1, 0.15) is 59.4 Å². The number of fused-ring (bicyclic) bond motifs is 1. The van der Waals surface area contributed by atoms with Gasteiger partial charge in [0.05, 0.1) is 22.7 Å². The number of pyridine rings is 1. The van der Waals surface area contributed by atoms with Gasteiger partial charge in [-0.25, -0.2) is 4.98 Å². The van der Waals surface area contributed by atoms with E-state index < -0.39 is 10.4 Å². The molecular weight excluding hydrogens is 354 g/mol. The second kappa shape index (κ2) is 6.11. The van der Waals surface area contributed by atoms with E-state index in [1.54, 1.807) is 18.8 Å². The van der Waals surface area contributed by atoms with Crippen LogP contribution in [0.3, 0.4) is 0 Å². The van der Waals surface area contributed by atoms with Crippen molar-refractivity contribution in [3.8, 4) is 0 Å². The Hall–Kier alpha value is -1.84. The van der Waals surface area contributed by atoms with Crippen molar-refractivity contribution in [2.75, 3.05) is 19.8 Å². The van der Waals surface area contributed by atoms with Crippen LogP contribution in [0, 0.1) is 0 Å². The Morgan fingerprint density at radius 3 is 2.73 bits per heavy atom. The molecule has 0 aromatic carbocycles. The first-order chi connectivity index (χ1) is 12.3. The van der Waals surface area contributed by atoms with Crippen LogP contribution in [0.5, 0.6) is 0 Å². The monoisotopic (exact) mass is 377 g/mol. The minimum Gasteiger partial charge on any atom is -0.598 e. The molecule has 26 heavy (non-hydrogen) atoms. The van der Waals surface area contributed by atoms with Crippen molar-refractivity contribution in [1.82, 2.24) is 24.4 Å². The van der Waals surface area contributed by atoms with Gasteiger partial charge < -0.3 is 9.87 Å². The Labute approximate surface area is 153 Å². The van der Waals surface area contributed by atoms with Crippen LogP contribution in [0.15, 0.2) is 6.07 Å². The fraction of sp³-hybridized carbons (Fsp3) is 0.588. The largest absolute Gasteiger partial charge is 0.598 e. The molecule has 1 aliphatic heterocycles. The van der Waals surface area contributed by atoms with E-state index in [1.165, 1.54) is 10.6 Å². The molecule has 8 nitrogen and oxygen atoms in total. The molecule has 2 fully saturated rings. The maximum atomic E-state index is 12.6. The number of aryl methyl sites for hydroxylation is 1. The zero-order chi connectivity index (χ0) is 18.6. The van der Waals surface area contributed by atoms with Crippen molar-refractivity contribution < 1.29 is 13.6 Å². The van der Waals surface area contributed by atoms with Gasteiger partial charge in [0.2, 0.25) is 0 Å². The van der Waals surface area contributed by atoms with E-state index in [-0.39, 0.29) is 11.9 Å². The van der Waals surface area contributed by atoms with Crippen LogP contribution in [0.4, 0.5) is 0 Å². The third-order valence-corrected chi connectivity index (χ3v) is 6.54. The standard InChI is InChI=1S/C17H23N5O3S/c1-18-17(23)11-9-12(10-6-7-10)19-16-14(11)15(20-21(16)2)13-5-4-8-22(13)26(3,24)25/h9-10,13H,4-8H2,1-3H3,(H-,18,23,24,25). The summed E-state index contributed by atoms with van der Waals surface area (Å²) < 4.78 is 27.5. The number of nitrogens with one attached hydrogen (secondary N) is 1. The highest BCUT2D eigenvalue weighted by Crippen LogP contribution is 2.42. The van der Waals surface area contributed by atoms with Crippen LogP contribution in [-0.4, -0.2) is 49.4 Å². The molecule has 0 bridgehead atoms. The van der Waals surface area contributed by atoms with Gasteiger partial charge >= 0.3 is 0 Å². The molecule has 0 spiro atoms. The van der Waals surface area contributed by atoms with Gasteiger partial charge in [0.1, 0.15) is 16.7 Å². The zero-order valence-electron chi connectivity index (χ0n) is 15.2. The lowest BCUT2D eigenvalue weighted by Crippen LogP contribution is -2.35. The Kier molecular flexibility index (Phi) is 4.13. The number of amides is 1. The normalized spacial score (nSPS) is 23.3. The second-order valence-electron chi connectivity index (χ2n) is 7.19. The number of carbonyl (C=O) groups excluding carboxylic acids is 1. The van der Waals surface area contributed by atoms with Crippen molar-refractivity contribution in [1.29, 1.82) is 0 Å². The minimum absolute atomic E-state index is 0.197. The predicted molar refractivity (Wildman–Crippen MR) is 97.3 cm³/mol. The van der Waals surface area contributed by atoms with Crippen LogP contribution < -0.4 is 5.32 Å². The molecule has 2 aliphatic rings. The van der Waals surface area contributed by atoms with Crippen LogP contribution in [0.2, 0.25) is 0 Å². The molecule has 1 amide bonds. The van der Waals surface area contributed by atoms with E-state index in [2.05, 4.69) is 10.4 Å². The molecule has 1 aliphatic carbocycles. The first-order valence-corrected chi connectivity index (χ1v) is 10.7. The van der Waals surface area contributed by atoms with Crippen molar-refractivity contribution >= 4 is 27.3 Å². The Morgan fingerprint density at radius 1 is 1.38 bits per heavy atom. The third-order valence-electron chi connectivity index (χ3n) is 5.25. The first kappa shape index (κ1) is 17.6. The minimum atomic E-state index is -3.35. The lowest BCUT2D eigenvalue weighted by atomic mass is 10.0. The van der Waals surface area contributed by atoms with Gasteiger partial charge in [0.25, 0.3) is 5.91 Å². The van der Waals surface area contributed by atoms with E-state index in [9.17, 15) is 13.6 Å². The van der Waals surface area contributed by atoms with E-state index in [0.29, 0.717) is 41.2 Å². The van der Waals surface area contributed by atoms with Crippen molar-refractivity contribution in [3.63, 3.8) is 0 Å². The van der Waals surface area contributed by atoms with Crippen LogP contribution in [0.25, 0.3) is 11.0 Å². The average molecular weight is 377 g/mol. The molecule has 0 radical (unpaired) electrons. The molecule has 1 saturated carbocycles. The van der Waals surface area contributed by atoms with Gasteiger partial charge in [0.15, 0.2) is 5.65 Å². The maximum absolute atomic E-state index is 12.6. The summed E-state index contributed by atoms with van der Waals surface area (Å²) in [6.07, 6.45) is 4.86. The average Bonchev–Trinajstić information content (AvgIpc) is 3.23. The summed E-state index contributed by atoms with van der Waals surface area (Å²) in [7, 11) is 0.0452. The number of aromatic nitrogens is 3. The molecular formula is C17H23N5O3S. The van der Waals surface area contributed by atoms with Crippen molar-refractivity contribution in [2.24, 2.45) is 7.05 Å². The van der Waals surface area contributed by atoms with Crippen molar-refractivity contribution in [3.05, 3.63) is 23.0 Å². The van der Waals surface area contributed by atoms with Crippen molar-refractivity contribution in [2.45, 2.75) is 37.6 Å². The summed E-state index contributed by atoms with van der Waals surface area (Å²) in [4.78, 5) is 17.3. The second-order valence-corrected chi connectivity index (χ2v) is 9.12. The lowest BCUT2D eigenvalue weighted by molar-refractivity contribution is 0.0964. The zero-order valence-corrected chi connectivity index (χ0v) is 16.0. The fourth-order valence-electron chi connectivity index (χ4n) is 3.84. The molecule has 4 rings (SSSR count). The number of hydrogen-bond acceptors (Lipinski definition) is 5. The predicted octanol–water partition coefficient (Wildman–Crippen LogP) is 1.52. The molecule has 2 aromatic heterocycles. The van der Waals surface area contributed by atoms with Crippen LogP contribution in [-0.2, 0) is 21.7 Å². The summed E-state index contributed by atoms with van der Waals surface area (Å²) in [5, 5.41) is 7.96. The highest BCUT2D eigenvalue weighted by Gasteiger charge is 2.40. The number of sulfonamides is 1. The van der Waals surface area contributed by atoms with Gasteiger partial charge in [-0.3, -0.25) is 9.48 Å². The Balaban J connectivity index is 1.93. The molecule has 1 saturated heterocycles. The van der Waals surface area contributed by atoms with Gasteiger partial charge in [-0.15, -0.1) is 4.31 Å². The summed E-state index contributed by atoms with van der Waals surface area (Å²) in [6.45, 7) is 0.477. The molecule has 2 atom stereocenters. The molecule has 2 aromatic rings. The van der Waals surface area contributed by atoms with E-state index in [4.69, 9.17) is 4.98 Å².